The van der Waals surface area contributed by atoms with Crippen molar-refractivity contribution >= 4 is 11.7 Å². The number of aryl methyl sites for hydroxylation is 1. The van der Waals surface area contributed by atoms with Gasteiger partial charge in [0.1, 0.15) is 11.5 Å². The Morgan fingerprint density at radius 3 is 2.46 bits per heavy atom. The molecular formula is C21H23NO6. The summed E-state index contributed by atoms with van der Waals surface area (Å²) in [6.07, 6.45) is 0.573. The van der Waals surface area contributed by atoms with Crippen LogP contribution in [0.1, 0.15) is 34.3 Å². The maximum atomic E-state index is 13.1. The molecule has 1 aromatic carbocycles. The molecule has 148 valence electrons. The second-order valence-corrected chi connectivity index (χ2v) is 6.52. The molecule has 0 radical (unpaired) electrons. The van der Waals surface area contributed by atoms with E-state index >= 15 is 0 Å². The highest BCUT2D eigenvalue weighted by atomic mass is 16.5. The van der Waals surface area contributed by atoms with Gasteiger partial charge in [-0.25, -0.2) is 0 Å². The van der Waals surface area contributed by atoms with Crippen LogP contribution in [-0.2, 0) is 9.53 Å². The Labute approximate surface area is 163 Å². The third kappa shape index (κ3) is 3.66. The summed E-state index contributed by atoms with van der Waals surface area (Å²) in [4.78, 5) is 27.3. The molecule has 1 aromatic heterocycles. The van der Waals surface area contributed by atoms with Gasteiger partial charge in [0, 0.05) is 20.3 Å². The van der Waals surface area contributed by atoms with Crippen LogP contribution in [0.2, 0.25) is 0 Å². The number of furan rings is 1. The summed E-state index contributed by atoms with van der Waals surface area (Å²) in [5, 5.41) is 10.5. The summed E-state index contributed by atoms with van der Waals surface area (Å²) in [6, 6.07) is 9.55. The number of amides is 1. The summed E-state index contributed by atoms with van der Waals surface area (Å²) < 4.78 is 15.7. The van der Waals surface area contributed by atoms with Crippen LogP contribution in [0.15, 0.2) is 52.1 Å². The molecule has 0 bridgehead atoms. The van der Waals surface area contributed by atoms with E-state index in [4.69, 9.17) is 13.9 Å². The summed E-state index contributed by atoms with van der Waals surface area (Å²) in [7, 11) is 3.14. The van der Waals surface area contributed by atoms with Crippen molar-refractivity contribution in [2.45, 2.75) is 19.4 Å². The van der Waals surface area contributed by atoms with Gasteiger partial charge in [0.25, 0.3) is 5.91 Å². The monoisotopic (exact) mass is 385 g/mol. The van der Waals surface area contributed by atoms with Crippen molar-refractivity contribution in [3.8, 4) is 5.75 Å². The first-order valence-corrected chi connectivity index (χ1v) is 8.96. The second-order valence-electron chi connectivity index (χ2n) is 6.52. The van der Waals surface area contributed by atoms with Gasteiger partial charge in [-0.15, -0.1) is 0 Å². The van der Waals surface area contributed by atoms with Crippen LogP contribution in [0.25, 0.3) is 0 Å². The van der Waals surface area contributed by atoms with Crippen LogP contribution in [0, 0.1) is 6.92 Å². The van der Waals surface area contributed by atoms with Crippen molar-refractivity contribution in [2.75, 3.05) is 27.4 Å². The second kappa shape index (κ2) is 8.31. The van der Waals surface area contributed by atoms with Crippen molar-refractivity contribution in [3.63, 3.8) is 0 Å². The lowest BCUT2D eigenvalue weighted by molar-refractivity contribution is -0.129. The fourth-order valence-electron chi connectivity index (χ4n) is 3.32. The molecule has 7 nitrogen and oxygen atoms in total. The quantitative estimate of drug-likeness (QED) is 0.554. The average Bonchev–Trinajstić information content (AvgIpc) is 3.24. The van der Waals surface area contributed by atoms with E-state index in [9.17, 15) is 14.7 Å². The third-order valence-corrected chi connectivity index (χ3v) is 4.69. The van der Waals surface area contributed by atoms with Crippen LogP contribution in [0.4, 0.5) is 0 Å². The minimum atomic E-state index is -0.715. The fourth-order valence-corrected chi connectivity index (χ4v) is 3.32. The Balaban J connectivity index is 2.02. The van der Waals surface area contributed by atoms with Crippen LogP contribution >= 0.6 is 0 Å². The number of carbonyl (C=O) groups is 2. The van der Waals surface area contributed by atoms with Gasteiger partial charge < -0.3 is 23.9 Å². The summed E-state index contributed by atoms with van der Waals surface area (Å²) in [5.74, 6) is -0.314. The highest BCUT2D eigenvalue weighted by molar-refractivity contribution is 6.15. The molecule has 1 atom stereocenters. The van der Waals surface area contributed by atoms with Gasteiger partial charge in [0.2, 0.25) is 5.78 Å². The van der Waals surface area contributed by atoms with E-state index in [1.807, 2.05) is 0 Å². The minimum Gasteiger partial charge on any atom is -0.503 e. The normalized spacial score (nSPS) is 16.8. The molecule has 0 saturated heterocycles. The molecule has 1 N–H and O–H groups in total. The largest absolute Gasteiger partial charge is 0.503 e. The van der Waals surface area contributed by atoms with Crippen molar-refractivity contribution in [1.29, 1.82) is 0 Å². The molecule has 1 amide bonds. The summed E-state index contributed by atoms with van der Waals surface area (Å²) in [5.41, 5.74) is 0.712. The number of hydrogen-bond donors (Lipinski definition) is 1. The van der Waals surface area contributed by atoms with Gasteiger partial charge in [0.05, 0.1) is 18.7 Å². The zero-order chi connectivity index (χ0) is 20.3. The average molecular weight is 385 g/mol. The van der Waals surface area contributed by atoms with E-state index in [1.54, 1.807) is 57.5 Å². The first-order chi connectivity index (χ1) is 13.5. The summed E-state index contributed by atoms with van der Waals surface area (Å²) in [6.45, 7) is 2.52. The molecule has 2 aromatic rings. The van der Waals surface area contributed by atoms with E-state index in [2.05, 4.69) is 0 Å². The first-order valence-electron chi connectivity index (χ1n) is 8.96. The predicted octanol–water partition coefficient (Wildman–Crippen LogP) is 3.21. The molecule has 1 aliphatic rings. The molecule has 7 heteroatoms. The number of aliphatic hydroxyl groups is 1. The van der Waals surface area contributed by atoms with Crippen molar-refractivity contribution in [3.05, 3.63) is 64.8 Å². The van der Waals surface area contributed by atoms with Crippen LogP contribution in [-0.4, -0.2) is 49.1 Å². The highest BCUT2D eigenvalue weighted by Gasteiger charge is 2.44. The standard InChI is InChI=1S/C21H23NO6/c1-13-5-10-16(28-13)19(23)17-18(14-6-8-15(27-3)9-7-14)22(11-4-12-26-2)21(25)20(17)24/h5-10,18,24H,4,11-12H2,1-3H3/t18-/m1/s1. The first kappa shape index (κ1) is 19.7. The topological polar surface area (TPSA) is 89.2 Å². The number of ether oxygens (including phenoxy) is 2. The third-order valence-electron chi connectivity index (χ3n) is 4.69. The number of aliphatic hydroxyl groups excluding tert-OH is 1. The number of ketones is 1. The van der Waals surface area contributed by atoms with E-state index in [0.29, 0.717) is 36.6 Å². The van der Waals surface area contributed by atoms with E-state index < -0.39 is 23.5 Å². The lowest BCUT2D eigenvalue weighted by atomic mass is 9.95. The van der Waals surface area contributed by atoms with Gasteiger partial charge in [-0.3, -0.25) is 9.59 Å². The molecule has 0 aliphatic carbocycles. The Hall–Kier alpha value is -3.06. The summed E-state index contributed by atoms with van der Waals surface area (Å²) >= 11 is 0. The van der Waals surface area contributed by atoms with Crippen LogP contribution < -0.4 is 4.74 Å². The Morgan fingerprint density at radius 2 is 1.89 bits per heavy atom. The van der Waals surface area contributed by atoms with Gasteiger partial charge in [-0.1, -0.05) is 12.1 Å². The van der Waals surface area contributed by atoms with Crippen LogP contribution in [0.5, 0.6) is 5.75 Å². The molecule has 0 fully saturated rings. The number of rotatable bonds is 8. The lowest BCUT2D eigenvalue weighted by Gasteiger charge is -2.26. The predicted molar refractivity (Wildman–Crippen MR) is 101 cm³/mol. The Bertz CT molecular complexity index is 896. The van der Waals surface area contributed by atoms with Crippen molar-refractivity contribution in [1.82, 2.24) is 4.90 Å². The molecule has 28 heavy (non-hydrogen) atoms. The van der Waals surface area contributed by atoms with Gasteiger partial charge in [-0.05, 0) is 43.2 Å². The number of nitrogens with zero attached hydrogens (tertiary/aromatic N) is 1. The number of carbonyl (C=O) groups excluding carboxylic acids is 2. The van der Waals surface area contributed by atoms with Crippen LogP contribution in [0.3, 0.4) is 0 Å². The Kier molecular flexibility index (Phi) is 5.84. The number of methoxy groups -OCH3 is 2. The lowest BCUT2D eigenvalue weighted by Crippen LogP contribution is -2.32. The van der Waals surface area contributed by atoms with E-state index in [-0.39, 0.29) is 11.3 Å². The number of Topliss-reactive ketones (excluding diaryl/α,β-unsaturated/α-hetero) is 1. The Morgan fingerprint density at radius 1 is 1.18 bits per heavy atom. The maximum Gasteiger partial charge on any atom is 0.290 e. The molecular weight excluding hydrogens is 362 g/mol. The number of hydrogen-bond acceptors (Lipinski definition) is 6. The zero-order valence-electron chi connectivity index (χ0n) is 16.1. The minimum absolute atomic E-state index is 0.0157. The number of benzene rings is 1. The molecule has 2 heterocycles. The maximum absolute atomic E-state index is 13.1. The van der Waals surface area contributed by atoms with Gasteiger partial charge in [-0.2, -0.15) is 0 Å². The molecule has 0 spiro atoms. The molecule has 3 rings (SSSR count). The molecule has 0 saturated carbocycles. The smallest absolute Gasteiger partial charge is 0.290 e. The van der Waals surface area contributed by atoms with Gasteiger partial charge in [0.15, 0.2) is 11.5 Å². The van der Waals surface area contributed by atoms with E-state index in [0.717, 1.165) is 0 Å². The zero-order valence-corrected chi connectivity index (χ0v) is 16.1. The SMILES string of the molecule is COCCCN1C(=O)C(O)=C(C(=O)c2ccc(C)o2)[C@H]1c1ccc(OC)cc1. The van der Waals surface area contributed by atoms with Crippen molar-refractivity contribution < 1.29 is 28.6 Å². The van der Waals surface area contributed by atoms with Gasteiger partial charge >= 0.3 is 0 Å². The van der Waals surface area contributed by atoms with E-state index in [1.165, 1.54) is 4.90 Å². The highest BCUT2D eigenvalue weighted by Crippen LogP contribution is 2.39. The van der Waals surface area contributed by atoms with Crippen molar-refractivity contribution in [2.24, 2.45) is 0 Å². The fraction of sp³-hybridized carbons (Fsp3) is 0.333. The molecule has 0 unspecified atom stereocenters. The molecule has 1 aliphatic heterocycles.